The number of nitrogens with zero attached hydrogens (tertiary/aromatic N) is 3. The molecule has 1 N–H and O–H groups in total. The number of hydrogen-bond acceptors (Lipinski definition) is 5. The average molecular weight is 361 g/mol. The fourth-order valence-corrected chi connectivity index (χ4v) is 3.06. The third kappa shape index (κ3) is 2.96. The molecule has 0 atom stereocenters. The molecule has 3 rings (SSSR count). The first-order valence-electron chi connectivity index (χ1n) is 6.55. The van der Waals surface area contributed by atoms with E-state index in [1.807, 2.05) is 37.3 Å². The van der Waals surface area contributed by atoms with Crippen LogP contribution in [-0.4, -0.2) is 21.5 Å². The van der Waals surface area contributed by atoms with Gasteiger partial charge in [0.2, 0.25) is 0 Å². The van der Waals surface area contributed by atoms with Crippen LogP contribution in [0.5, 0.6) is 0 Å². The third-order valence-corrected chi connectivity index (χ3v) is 4.42. The summed E-state index contributed by atoms with van der Waals surface area (Å²) in [6.45, 7) is 2.84. The lowest BCUT2D eigenvalue weighted by Gasteiger charge is -2.11. The van der Waals surface area contributed by atoms with Crippen LogP contribution in [-0.2, 0) is 0 Å². The second-order valence-corrected chi connectivity index (χ2v) is 6.00. The third-order valence-electron chi connectivity index (χ3n) is 2.90. The van der Waals surface area contributed by atoms with Gasteiger partial charge in [0.1, 0.15) is 5.82 Å². The summed E-state index contributed by atoms with van der Waals surface area (Å²) in [4.78, 5) is 14.4. The molecule has 0 aliphatic carbocycles. The highest BCUT2D eigenvalue weighted by Gasteiger charge is 2.15. The van der Waals surface area contributed by atoms with Gasteiger partial charge in [-0.25, -0.2) is 9.97 Å². The molecule has 0 unspecified atom stereocenters. The van der Waals surface area contributed by atoms with Gasteiger partial charge in [0.05, 0.1) is 20.6 Å². The maximum absolute atomic E-state index is 4.70. The largest absolute Gasteiger partial charge is 0.369 e. The Hall–Kier alpha value is -1.79. The van der Waals surface area contributed by atoms with E-state index < -0.39 is 0 Å². The smallest absolute Gasteiger partial charge is 0.173 e. The van der Waals surface area contributed by atoms with Crippen LogP contribution >= 0.6 is 27.3 Å². The second-order valence-electron chi connectivity index (χ2n) is 4.32. The van der Waals surface area contributed by atoms with Gasteiger partial charge in [-0.15, -0.1) is 11.3 Å². The molecule has 6 heteroatoms. The highest BCUT2D eigenvalue weighted by molar-refractivity contribution is 9.10. The maximum Gasteiger partial charge on any atom is 0.173 e. The summed E-state index contributed by atoms with van der Waals surface area (Å²) in [6, 6.07) is 10.1. The molecule has 2 heterocycles. The highest BCUT2D eigenvalue weighted by atomic mass is 79.9. The number of hydrogen-bond donors (Lipinski definition) is 1. The van der Waals surface area contributed by atoms with Crippen molar-refractivity contribution in [1.82, 2.24) is 15.0 Å². The van der Waals surface area contributed by atoms with E-state index in [-0.39, 0.29) is 0 Å². The zero-order chi connectivity index (χ0) is 14.7. The van der Waals surface area contributed by atoms with Crippen molar-refractivity contribution in [2.45, 2.75) is 6.92 Å². The van der Waals surface area contributed by atoms with Gasteiger partial charge < -0.3 is 5.32 Å². The molecule has 106 valence electrons. The molecule has 0 saturated heterocycles. The van der Waals surface area contributed by atoms with Crippen molar-refractivity contribution in [3.63, 3.8) is 0 Å². The molecular weight excluding hydrogens is 348 g/mol. The maximum atomic E-state index is 4.70. The predicted molar refractivity (Wildman–Crippen MR) is 90.4 cm³/mol. The lowest BCUT2D eigenvalue weighted by molar-refractivity contribution is 1.11. The zero-order valence-electron chi connectivity index (χ0n) is 11.4. The van der Waals surface area contributed by atoms with E-state index in [4.69, 9.17) is 4.98 Å². The van der Waals surface area contributed by atoms with E-state index in [1.54, 1.807) is 11.7 Å². The van der Waals surface area contributed by atoms with Crippen LogP contribution < -0.4 is 5.32 Å². The van der Waals surface area contributed by atoms with Crippen molar-refractivity contribution in [3.05, 3.63) is 46.5 Å². The molecule has 0 aliphatic heterocycles. The van der Waals surface area contributed by atoms with Gasteiger partial charge >= 0.3 is 0 Å². The molecule has 0 spiro atoms. The SMILES string of the molecule is CCNc1nc(-c2cncs2)nc(-c2ccccc2)c1Br. The summed E-state index contributed by atoms with van der Waals surface area (Å²) < 4.78 is 0.879. The molecular formula is C15H13BrN4S. The molecule has 0 amide bonds. The lowest BCUT2D eigenvalue weighted by Crippen LogP contribution is -2.04. The number of benzene rings is 1. The molecule has 2 aromatic heterocycles. The Balaban J connectivity index is 2.18. The average Bonchev–Trinajstić information content (AvgIpc) is 3.05. The highest BCUT2D eigenvalue weighted by Crippen LogP contribution is 2.34. The second kappa shape index (κ2) is 6.32. The van der Waals surface area contributed by atoms with Crippen molar-refractivity contribution in [1.29, 1.82) is 0 Å². The van der Waals surface area contributed by atoms with E-state index in [0.717, 1.165) is 33.0 Å². The fourth-order valence-electron chi connectivity index (χ4n) is 1.96. The first-order valence-corrected chi connectivity index (χ1v) is 8.22. The minimum Gasteiger partial charge on any atom is -0.369 e. The summed E-state index contributed by atoms with van der Waals surface area (Å²) in [6.07, 6.45) is 1.79. The van der Waals surface area contributed by atoms with Crippen molar-refractivity contribution in [2.75, 3.05) is 11.9 Å². The van der Waals surface area contributed by atoms with Crippen LogP contribution in [0.1, 0.15) is 6.92 Å². The molecule has 21 heavy (non-hydrogen) atoms. The van der Waals surface area contributed by atoms with Crippen molar-refractivity contribution in [3.8, 4) is 22.0 Å². The Labute approximate surface area is 135 Å². The van der Waals surface area contributed by atoms with Gasteiger partial charge in [-0.2, -0.15) is 0 Å². The van der Waals surface area contributed by atoms with E-state index in [1.165, 1.54) is 11.3 Å². The van der Waals surface area contributed by atoms with Gasteiger partial charge in [0, 0.05) is 18.3 Å². The standard InChI is InChI=1S/C15H13BrN4S/c1-2-18-15-12(16)13(10-6-4-3-5-7-10)19-14(20-15)11-8-17-9-21-11/h3-9H,2H2,1H3,(H,18,19,20). The fraction of sp³-hybridized carbons (Fsp3) is 0.133. The van der Waals surface area contributed by atoms with Crippen LogP contribution in [0.3, 0.4) is 0 Å². The summed E-state index contributed by atoms with van der Waals surface area (Å²) in [5.74, 6) is 1.49. The van der Waals surface area contributed by atoms with Crippen LogP contribution in [0.25, 0.3) is 22.0 Å². The number of anilines is 1. The number of nitrogens with one attached hydrogen (secondary N) is 1. The van der Waals surface area contributed by atoms with Gasteiger partial charge in [-0.05, 0) is 22.9 Å². The van der Waals surface area contributed by atoms with E-state index in [9.17, 15) is 0 Å². The lowest BCUT2D eigenvalue weighted by atomic mass is 10.1. The monoisotopic (exact) mass is 360 g/mol. The molecule has 0 radical (unpaired) electrons. The van der Waals surface area contributed by atoms with Crippen LogP contribution in [0.2, 0.25) is 0 Å². The Morgan fingerprint density at radius 1 is 1.19 bits per heavy atom. The van der Waals surface area contributed by atoms with E-state index in [2.05, 4.69) is 31.2 Å². The van der Waals surface area contributed by atoms with Crippen LogP contribution in [0.4, 0.5) is 5.82 Å². The molecule has 0 aliphatic rings. The summed E-state index contributed by atoms with van der Waals surface area (Å²) in [7, 11) is 0. The molecule has 4 nitrogen and oxygen atoms in total. The van der Waals surface area contributed by atoms with Gasteiger partial charge in [-0.1, -0.05) is 30.3 Å². The van der Waals surface area contributed by atoms with Gasteiger partial charge in [-0.3, -0.25) is 4.98 Å². The van der Waals surface area contributed by atoms with Gasteiger partial charge in [0.25, 0.3) is 0 Å². The molecule has 1 aromatic carbocycles. The topological polar surface area (TPSA) is 50.7 Å². The minimum atomic E-state index is 0.690. The van der Waals surface area contributed by atoms with Crippen molar-refractivity contribution in [2.24, 2.45) is 0 Å². The van der Waals surface area contributed by atoms with E-state index >= 15 is 0 Å². The number of thiazole rings is 1. The summed E-state index contributed by atoms with van der Waals surface area (Å²) in [5, 5.41) is 3.27. The Bertz CT molecular complexity index is 729. The number of aromatic nitrogens is 3. The normalized spacial score (nSPS) is 10.6. The van der Waals surface area contributed by atoms with Crippen molar-refractivity contribution >= 4 is 33.1 Å². The summed E-state index contributed by atoms with van der Waals surface area (Å²) >= 11 is 5.15. The molecule has 0 bridgehead atoms. The van der Waals surface area contributed by atoms with Crippen LogP contribution in [0, 0.1) is 0 Å². The van der Waals surface area contributed by atoms with E-state index in [0.29, 0.717) is 5.82 Å². The Morgan fingerprint density at radius 3 is 2.67 bits per heavy atom. The first-order chi connectivity index (χ1) is 10.3. The minimum absolute atomic E-state index is 0.690. The van der Waals surface area contributed by atoms with Crippen molar-refractivity contribution < 1.29 is 0 Å². The molecule has 0 fully saturated rings. The predicted octanol–water partition coefficient (Wildman–Crippen LogP) is 4.46. The molecule has 0 saturated carbocycles. The van der Waals surface area contributed by atoms with Crippen LogP contribution in [0.15, 0.2) is 46.5 Å². The number of rotatable bonds is 4. The first kappa shape index (κ1) is 14.2. The quantitative estimate of drug-likeness (QED) is 0.745. The molecule has 3 aromatic rings. The Kier molecular flexibility index (Phi) is 4.26. The summed E-state index contributed by atoms with van der Waals surface area (Å²) in [5.41, 5.74) is 3.72. The Morgan fingerprint density at radius 2 is 2.00 bits per heavy atom. The number of halogens is 1. The van der Waals surface area contributed by atoms with Gasteiger partial charge in [0.15, 0.2) is 5.82 Å². The zero-order valence-corrected chi connectivity index (χ0v) is 13.8.